The van der Waals surface area contributed by atoms with E-state index >= 15 is 0 Å². The largest absolute Gasteiger partial charge is 0.330 e. The van der Waals surface area contributed by atoms with Crippen LogP contribution in [0.25, 0.3) is 0 Å². The van der Waals surface area contributed by atoms with E-state index in [0.29, 0.717) is 11.6 Å². The highest BCUT2D eigenvalue weighted by atomic mass is 16.2. The first-order valence-corrected chi connectivity index (χ1v) is 8.15. The molecule has 0 unspecified atom stereocenters. The Morgan fingerprint density at radius 3 is 2.87 bits per heavy atom. The number of aryl methyl sites for hydroxylation is 2. The molecule has 0 radical (unpaired) electrons. The van der Waals surface area contributed by atoms with E-state index < -0.39 is 0 Å². The molecule has 0 spiro atoms. The molecule has 1 aromatic carbocycles. The molecule has 3 heterocycles. The zero-order valence-corrected chi connectivity index (χ0v) is 13.9. The molecule has 2 aromatic rings. The van der Waals surface area contributed by atoms with Crippen LogP contribution >= 0.6 is 0 Å². The summed E-state index contributed by atoms with van der Waals surface area (Å²) in [5, 5.41) is 0. The van der Waals surface area contributed by atoms with Crippen LogP contribution in [-0.4, -0.2) is 46.5 Å². The fraction of sp³-hybridized carbons (Fsp3) is 0.444. The van der Waals surface area contributed by atoms with Crippen molar-refractivity contribution in [2.75, 3.05) is 25.0 Å². The molecule has 2 aliphatic rings. The van der Waals surface area contributed by atoms with Crippen molar-refractivity contribution >= 4 is 11.6 Å². The molecule has 0 bridgehead atoms. The van der Waals surface area contributed by atoms with Crippen LogP contribution in [0.5, 0.6) is 0 Å². The van der Waals surface area contributed by atoms with Crippen LogP contribution in [0.4, 0.5) is 5.69 Å². The van der Waals surface area contributed by atoms with Crippen LogP contribution in [-0.2, 0) is 7.05 Å². The van der Waals surface area contributed by atoms with Crippen LogP contribution in [0.1, 0.15) is 34.0 Å². The number of nitrogens with zero attached hydrogens (tertiary/aromatic N) is 4. The monoisotopic (exact) mass is 310 g/mol. The molecule has 0 N–H and O–H groups in total. The number of imidazole rings is 1. The van der Waals surface area contributed by atoms with Crippen LogP contribution in [0, 0.1) is 6.92 Å². The summed E-state index contributed by atoms with van der Waals surface area (Å²) in [4.78, 5) is 21.7. The maximum atomic E-state index is 13.2. The third-order valence-electron chi connectivity index (χ3n) is 5.21. The van der Waals surface area contributed by atoms with Gasteiger partial charge in [0.2, 0.25) is 0 Å². The Morgan fingerprint density at radius 1 is 1.30 bits per heavy atom. The topological polar surface area (TPSA) is 41.4 Å². The molecule has 23 heavy (non-hydrogen) atoms. The minimum absolute atomic E-state index is 0.0622. The molecular weight excluding hydrogens is 288 g/mol. The first-order valence-electron chi connectivity index (χ1n) is 8.15. The Labute approximate surface area is 136 Å². The lowest BCUT2D eigenvalue weighted by atomic mass is 9.89. The minimum atomic E-state index is 0.0622. The summed E-state index contributed by atoms with van der Waals surface area (Å²) in [5.41, 5.74) is 4.30. The van der Waals surface area contributed by atoms with E-state index in [2.05, 4.69) is 42.1 Å². The number of hydrogen-bond acceptors (Lipinski definition) is 3. The number of piperidine rings is 1. The number of likely N-dealkylation sites (N-methyl/N-ethyl adjacent to an activating group) is 1. The number of fused-ring (bicyclic) bond motifs is 3. The number of aromatic nitrogens is 2. The van der Waals surface area contributed by atoms with E-state index in [4.69, 9.17) is 0 Å². The molecular formula is C18H22N4O. The summed E-state index contributed by atoms with van der Waals surface area (Å²) >= 11 is 0. The Hall–Kier alpha value is -2.14. The molecule has 4 rings (SSSR count). The zero-order valence-electron chi connectivity index (χ0n) is 13.9. The van der Waals surface area contributed by atoms with E-state index in [0.717, 1.165) is 25.2 Å². The van der Waals surface area contributed by atoms with Crippen molar-refractivity contribution in [3.63, 3.8) is 0 Å². The van der Waals surface area contributed by atoms with Crippen molar-refractivity contribution in [2.24, 2.45) is 7.05 Å². The Bertz CT molecular complexity index is 766. The van der Waals surface area contributed by atoms with Crippen LogP contribution < -0.4 is 4.90 Å². The van der Waals surface area contributed by atoms with Gasteiger partial charge in [0.05, 0.1) is 12.5 Å². The zero-order chi connectivity index (χ0) is 16.1. The molecule has 2 atom stereocenters. The van der Waals surface area contributed by atoms with Gasteiger partial charge in [-0.1, -0.05) is 17.7 Å². The normalized spacial score (nSPS) is 23.7. The summed E-state index contributed by atoms with van der Waals surface area (Å²) in [6.07, 6.45) is 4.36. The third-order valence-corrected chi connectivity index (χ3v) is 5.21. The number of anilines is 1. The van der Waals surface area contributed by atoms with Gasteiger partial charge in [-0.15, -0.1) is 0 Å². The van der Waals surface area contributed by atoms with E-state index in [9.17, 15) is 4.79 Å². The smallest absolute Gasteiger partial charge is 0.276 e. The van der Waals surface area contributed by atoms with Gasteiger partial charge >= 0.3 is 0 Å². The van der Waals surface area contributed by atoms with Crippen LogP contribution in [0.3, 0.4) is 0 Å². The summed E-state index contributed by atoms with van der Waals surface area (Å²) in [6.45, 7) is 4.16. The second-order valence-corrected chi connectivity index (χ2v) is 6.85. The lowest BCUT2D eigenvalue weighted by Gasteiger charge is -2.36. The summed E-state index contributed by atoms with van der Waals surface area (Å²) < 4.78 is 1.80. The number of carbonyl (C=O) groups is 1. The number of amides is 1. The first kappa shape index (κ1) is 14.5. The third kappa shape index (κ3) is 2.18. The second kappa shape index (κ2) is 5.20. The molecule has 1 amide bonds. The van der Waals surface area contributed by atoms with E-state index in [-0.39, 0.29) is 11.9 Å². The molecule has 2 aliphatic heterocycles. The van der Waals surface area contributed by atoms with Crippen molar-refractivity contribution in [2.45, 2.75) is 25.3 Å². The van der Waals surface area contributed by atoms with Gasteiger partial charge in [-0.05, 0) is 38.6 Å². The van der Waals surface area contributed by atoms with Gasteiger partial charge in [-0.25, -0.2) is 4.98 Å². The maximum absolute atomic E-state index is 13.2. The predicted octanol–water partition coefficient (Wildman–Crippen LogP) is 2.18. The van der Waals surface area contributed by atoms with E-state index in [1.54, 1.807) is 17.1 Å². The Morgan fingerprint density at radius 2 is 2.13 bits per heavy atom. The SMILES string of the molecule is Cc1ccc2c(c1)[C@@H]1CN(C)CC[C@@H]1N2C(=O)c1cncn1C. The summed E-state index contributed by atoms with van der Waals surface area (Å²) in [5.74, 6) is 0.466. The fourth-order valence-electron chi connectivity index (χ4n) is 4.03. The number of likely N-dealkylation sites (tertiary alicyclic amines) is 1. The van der Waals surface area contributed by atoms with Gasteiger partial charge < -0.3 is 14.4 Å². The molecule has 5 heteroatoms. The molecule has 1 aromatic heterocycles. The highest BCUT2D eigenvalue weighted by Gasteiger charge is 2.44. The predicted molar refractivity (Wildman–Crippen MR) is 89.8 cm³/mol. The average Bonchev–Trinajstić information content (AvgIpc) is 3.08. The number of hydrogen-bond donors (Lipinski definition) is 0. The van der Waals surface area contributed by atoms with Gasteiger partial charge in [0.25, 0.3) is 5.91 Å². The van der Waals surface area contributed by atoms with Gasteiger partial charge in [-0.3, -0.25) is 4.79 Å². The molecule has 1 saturated heterocycles. The number of carbonyl (C=O) groups excluding carboxylic acids is 1. The van der Waals surface area contributed by atoms with Gasteiger partial charge in [0, 0.05) is 31.2 Å². The molecule has 0 aliphatic carbocycles. The maximum Gasteiger partial charge on any atom is 0.276 e. The lowest BCUT2D eigenvalue weighted by molar-refractivity contribution is 0.0957. The quantitative estimate of drug-likeness (QED) is 0.811. The molecule has 120 valence electrons. The van der Waals surface area contributed by atoms with Crippen molar-refractivity contribution in [3.8, 4) is 0 Å². The van der Waals surface area contributed by atoms with E-state index in [1.165, 1.54) is 11.1 Å². The van der Waals surface area contributed by atoms with Crippen molar-refractivity contribution in [1.29, 1.82) is 0 Å². The Balaban J connectivity index is 1.80. The van der Waals surface area contributed by atoms with Crippen molar-refractivity contribution in [1.82, 2.24) is 14.5 Å². The Kier molecular flexibility index (Phi) is 3.27. The highest BCUT2D eigenvalue weighted by Crippen LogP contribution is 2.45. The molecule has 0 saturated carbocycles. The number of benzene rings is 1. The number of rotatable bonds is 1. The van der Waals surface area contributed by atoms with Crippen molar-refractivity contribution in [3.05, 3.63) is 47.5 Å². The van der Waals surface area contributed by atoms with Gasteiger partial charge in [-0.2, -0.15) is 0 Å². The van der Waals surface area contributed by atoms with Gasteiger partial charge in [0.1, 0.15) is 5.69 Å². The minimum Gasteiger partial charge on any atom is -0.330 e. The average molecular weight is 310 g/mol. The van der Waals surface area contributed by atoms with E-state index in [1.807, 2.05) is 11.9 Å². The second-order valence-electron chi connectivity index (χ2n) is 6.85. The summed E-state index contributed by atoms with van der Waals surface area (Å²) in [7, 11) is 4.04. The lowest BCUT2D eigenvalue weighted by Crippen LogP contribution is -2.47. The van der Waals surface area contributed by atoms with Crippen LogP contribution in [0.2, 0.25) is 0 Å². The van der Waals surface area contributed by atoms with Crippen molar-refractivity contribution < 1.29 is 4.79 Å². The molecule has 1 fully saturated rings. The van der Waals surface area contributed by atoms with Gasteiger partial charge in [0.15, 0.2) is 0 Å². The molecule has 5 nitrogen and oxygen atoms in total. The highest BCUT2D eigenvalue weighted by molar-refractivity contribution is 6.07. The first-order chi connectivity index (χ1) is 11.1. The fourth-order valence-corrected chi connectivity index (χ4v) is 4.03. The standard InChI is InChI=1S/C18H22N4O/c1-12-4-5-15-13(8-12)14-10-20(2)7-6-16(14)22(15)18(23)17-9-19-11-21(17)3/h4-5,8-9,11,14,16H,6-7,10H2,1-3H3/t14-,16-/m0/s1. The summed E-state index contributed by atoms with van der Waals surface area (Å²) in [6, 6.07) is 6.72. The van der Waals surface area contributed by atoms with Crippen LogP contribution in [0.15, 0.2) is 30.7 Å².